The summed E-state index contributed by atoms with van der Waals surface area (Å²) in [6.45, 7) is 1.91. The van der Waals surface area contributed by atoms with Gasteiger partial charge in [0.15, 0.2) is 0 Å². The molecule has 2 aromatic rings. The SMILES string of the molecule is Cc1ccsc1C(=O)c1ccc(N)cc1N. The van der Waals surface area contributed by atoms with Crippen molar-refractivity contribution in [2.75, 3.05) is 11.5 Å². The monoisotopic (exact) mass is 232 g/mol. The lowest BCUT2D eigenvalue weighted by Gasteiger charge is -2.05. The summed E-state index contributed by atoms with van der Waals surface area (Å²) in [5.74, 6) is -0.0370. The van der Waals surface area contributed by atoms with Crippen LogP contribution in [0.3, 0.4) is 0 Å². The molecule has 16 heavy (non-hydrogen) atoms. The molecule has 1 aromatic heterocycles. The molecule has 4 N–H and O–H groups in total. The molecule has 0 aliphatic carbocycles. The van der Waals surface area contributed by atoms with Crippen molar-refractivity contribution in [3.63, 3.8) is 0 Å². The standard InChI is InChI=1S/C12H12N2OS/c1-7-4-5-16-12(7)11(15)9-3-2-8(13)6-10(9)14/h2-6H,13-14H2,1H3. The molecule has 82 valence electrons. The number of hydrogen-bond donors (Lipinski definition) is 2. The Morgan fingerprint density at radius 2 is 2.00 bits per heavy atom. The largest absolute Gasteiger partial charge is 0.399 e. The number of nitrogen functional groups attached to an aromatic ring is 2. The smallest absolute Gasteiger partial charge is 0.205 e. The van der Waals surface area contributed by atoms with E-state index in [2.05, 4.69) is 0 Å². The summed E-state index contributed by atoms with van der Waals surface area (Å²) >= 11 is 1.43. The predicted molar refractivity (Wildman–Crippen MR) is 67.8 cm³/mol. The Morgan fingerprint density at radius 3 is 2.56 bits per heavy atom. The van der Waals surface area contributed by atoms with Crippen molar-refractivity contribution in [3.8, 4) is 0 Å². The number of anilines is 2. The highest BCUT2D eigenvalue weighted by Gasteiger charge is 2.15. The summed E-state index contributed by atoms with van der Waals surface area (Å²) < 4.78 is 0. The van der Waals surface area contributed by atoms with E-state index in [1.54, 1.807) is 18.2 Å². The Hall–Kier alpha value is -1.81. The van der Waals surface area contributed by atoms with Gasteiger partial charge in [0.05, 0.1) is 4.88 Å². The molecule has 0 spiro atoms. The van der Waals surface area contributed by atoms with Gasteiger partial charge in [-0.25, -0.2) is 0 Å². The van der Waals surface area contributed by atoms with E-state index in [-0.39, 0.29) is 5.78 Å². The van der Waals surface area contributed by atoms with Gasteiger partial charge in [0.25, 0.3) is 0 Å². The van der Waals surface area contributed by atoms with Crippen molar-refractivity contribution in [2.45, 2.75) is 6.92 Å². The summed E-state index contributed by atoms with van der Waals surface area (Å²) in [4.78, 5) is 12.9. The molecule has 0 unspecified atom stereocenters. The minimum Gasteiger partial charge on any atom is -0.399 e. The molecule has 3 nitrogen and oxygen atoms in total. The second kappa shape index (κ2) is 3.98. The number of carbonyl (C=O) groups excluding carboxylic acids is 1. The zero-order chi connectivity index (χ0) is 11.7. The first-order valence-electron chi connectivity index (χ1n) is 4.83. The second-order valence-corrected chi connectivity index (χ2v) is 4.52. The van der Waals surface area contributed by atoms with Crippen molar-refractivity contribution in [2.24, 2.45) is 0 Å². The first kappa shape index (κ1) is 10.7. The van der Waals surface area contributed by atoms with E-state index >= 15 is 0 Å². The van der Waals surface area contributed by atoms with Crippen molar-refractivity contribution in [3.05, 3.63) is 45.6 Å². The maximum absolute atomic E-state index is 12.1. The summed E-state index contributed by atoms with van der Waals surface area (Å²) in [6, 6.07) is 6.89. The topological polar surface area (TPSA) is 69.1 Å². The fraction of sp³-hybridized carbons (Fsp3) is 0.0833. The lowest BCUT2D eigenvalue weighted by molar-refractivity contribution is 0.104. The molecule has 0 amide bonds. The molecule has 0 atom stereocenters. The predicted octanol–water partition coefficient (Wildman–Crippen LogP) is 2.45. The summed E-state index contributed by atoms with van der Waals surface area (Å²) in [6.07, 6.45) is 0. The van der Waals surface area contributed by atoms with Gasteiger partial charge in [-0.1, -0.05) is 0 Å². The number of thiophene rings is 1. The molecule has 4 heteroatoms. The molecule has 2 rings (SSSR count). The van der Waals surface area contributed by atoms with Crippen LogP contribution in [0.1, 0.15) is 20.8 Å². The third-order valence-electron chi connectivity index (χ3n) is 2.39. The number of hydrogen-bond acceptors (Lipinski definition) is 4. The number of benzene rings is 1. The number of carbonyl (C=O) groups is 1. The van der Waals surface area contributed by atoms with Crippen LogP contribution in [0.5, 0.6) is 0 Å². The fourth-order valence-corrected chi connectivity index (χ4v) is 2.39. The van der Waals surface area contributed by atoms with E-state index in [0.717, 1.165) is 10.4 Å². The summed E-state index contributed by atoms with van der Waals surface area (Å²) in [7, 11) is 0. The minimum absolute atomic E-state index is 0.0370. The Bertz CT molecular complexity index is 546. The normalized spacial score (nSPS) is 10.3. The van der Waals surface area contributed by atoms with E-state index in [1.165, 1.54) is 11.3 Å². The van der Waals surface area contributed by atoms with E-state index in [1.807, 2.05) is 18.4 Å². The quantitative estimate of drug-likeness (QED) is 0.617. The minimum atomic E-state index is -0.0370. The van der Waals surface area contributed by atoms with E-state index in [9.17, 15) is 4.79 Å². The molecular weight excluding hydrogens is 220 g/mol. The zero-order valence-electron chi connectivity index (χ0n) is 8.86. The van der Waals surface area contributed by atoms with Crippen LogP contribution in [-0.2, 0) is 0 Å². The van der Waals surface area contributed by atoms with Gasteiger partial charge < -0.3 is 11.5 Å². The van der Waals surface area contributed by atoms with E-state index in [4.69, 9.17) is 11.5 Å². The molecule has 0 fully saturated rings. The van der Waals surface area contributed by atoms with E-state index in [0.29, 0.717) is 16.9 Å². The van der Waals surface area contributed by atoms with Gasteiger partial charge in [-0.05, 0) is 42.1 Å². The Labute approximate surface area is 97.7 Å². The third-order valence-corrected chi connectivity index (χ3v) is 3.40. The average Bonchev–Trinajstić information content (AvgIpc) is 2.63. The van der Waals surface area contributed by atoms with Crippen LogP contribution in [0.25, 0.3) is 0 Å². The molecule has 0 saturated heterocycles. The number of nitrogens with two attached hydrogens (primary N) is 2. The molecule has 0 aliphatic heterocycles. The van der Waals surface area contributed by atoms with Crippen molar-refractivity contribution < 1.29 is 4.79 Å². The first-order valence-corrected chi connectivity index (χ1v) is 5.71. The van der Waals surface area contributed by atoms with Crippen LogP contribution in [0, 0.1) is 6.92 Å². The molecule has 0 saturated carbocycles. The number of aryl methyl sites for hydroxylation is 1. The third kappa shape index (κ3) is 1.79. The molecule has 0 bridgehead atoms. The number of ketones is 1. The van der Waals surface area contributed by atoms with Crippen LogP contribution < -0.4 is 11.5 Å². The highest BCUT2D eigenvalue weighted by molar-refractivity contribution is 7.12. The lowest BCUT2D eigenvalue weighted by atomic mass is 10.1. The van der Waals surface area contributed by atoms with E-state index < -0.39 is 0 Å². The van der Waals surface area contributed by atoms with Crippen LogP contribution >= 0.6 is 11.3 Å². The summed E-state index contributed by atoms with van der Waals surface area (Å²) in [5.41, 5.74) is 13.9. The summed E-state index contributed by atoms with van der Waals surface area (Å²) in [5, 5.41) is 1.90. The Kier molecular flexibility index (Phi) is 2.66. The van der Waals surface area contributed by atoms with Crippen molar-refractivity contribution in [1.82, 2.24) is 0 Å². The van der Waals surface area contributed by atoms with Gasteiger partial charge >= 0.3 is 0 Å². The van der Waals surface area contributed by atoms with Gasteiger partial charge in [-0.15, -0.1) is 11.3 Å². The van der Waals surface area contributed by atoms with Crippen LogP contribution in [0.15, 0.2) is 29.6 Å². The molecule has 1 heterocycles. The molecule has 0 radical (unpaired) electrons. The van der Waals surface area contributed by atoms with Gasteiger partial charge in [0.1, 0.15) is 0 Å². The maximum atomic E-state index is 12.1. The molecule has 1 aromatic carbocycles. The van der Waals surface area contributed by atoms with Gasteiger partial charge in [0.2, 0.25) is 5.78 Å². The van der Waals surface area contributed by atoms with Crippen molar-refractivity contribution in [1.29, 1.82) is 0 Å². The molecular formula is C12H12N2OS. The highest BCUT2D eigenvalue weighted by Crippen LogP contribution is 2.24. The fourth-order valence-electron chi connectivity index (χ4n) is 1.52. The van der Waals surface area contributed by atoms with Gasteiger partial charge in [-0.3, -0.25) is 4.79 Å². The Balaban J connectivity index is 2.46. The van der Waals surface area contributed by atoms with Gasteiger partial charge in [0, 0.05) is 16.9 Å². The zero-order valence-corrected chi connectivity index (χ0v) is 9.67. The highest BCUT2D eigenvalue weighted by atomic mass is 32.1. The van der Waals surface area contributed by atoms with Crippen LogP contribution in [0.4, 0.5) is 11.4 Å². The van der Waals surface area contributed by atoms with Crippen LogP contribution in [-0.4, -0.2) is 5.78 Å². The second-order valence-electron chi connectivity index (χ2n) is 3.61. The average molecular weight is 232 g/mol. The number of rotatable bonds is 2. The Morgan fingerprint density at radius 1 is 1.25 bits per heavy atom. The maximum Gasteiger partial charge on any atom is 0.205 e. The van der Waals surface area contributed by atoms with Crippen LogP contribution in [0.2, 0.25) is 0 Å². The lowest BCUT2D eigenvalue weighted by Crippen LogP contribution is -2.05. The molecule has 0 aliphatic rings. The van der Waals surface area contributed by atoms with Gasteiger partial charge in [-0.2, -0.15) is 0 Å². The first-order chi connectivity index (χ1) is 7.59. The van der Waals surface area contributed by atoms with Crippen molar-refractivity contribution >= 4 is 28.5 Å².